The Morgan fingerprint density at radius 1 is 1.20 bits per heavy atom. The summed E-state index contributed by atoms with van der Waals surface area (Å²) in [7, 11) is -0.464. The molecule has 3 rings (SSSR count). The molecular weight excluding hydrogens is 253 g/mol. The summed E-state index contributed by atoms with van der Waals surface area (Å²) < 4.78 is 18.2. The molecule has 0 unspecified atom stereocenters. The van der Waals surface area contributed by atoms with Crippen molar-refractivity contribution in [1.82, 2.24) is 4.98 Å². The van der Waals surface area contributed by atoms with E-state index in [0.29, 0.717) is 6.10 Å². The summed E-state index contributed by atoms with van der Waals surface area (Å²) in [6.07, 6.45) is 4.36. The molecule has 0 amide bonds. The maximum absolute atomic E-state index is 6.08. The molecule has 1 saturated carbocycles. The molecule has 1 aliphatic heterocycles. The Kier molecular flexibility index (Phi) is 3.10. The Balaban J connectivity index is 1.93. The van der Waals surface area contributed by atoms with Gasteiger partial charge in [0.1, 0.15) is 11.3 Å². The fraction of sp³-hybridized carbons (Fsp3) is 0.667. The van der Waals surface area contributed by atoms with E-state index in [2.05, 4.69) is 4.98 Å². The van der Waals surface area contributed by atoms with Gasteiger partial charge >= 0.3 is 7.12 Å². The highest BCUT2D eigenvalue weighted by atomic mass is 16.7. The van der Waals surface area contributed by atoms with Gasteiger partial charge in [0, 0.05) is 6.20 Å². The van der Waals surface area contributed by atoms with Gasteiger partial charge in [-0.05, 0) is 59.1 Å². The predicted octanol–water partition coefficient (Wildman–Crippen LogP) is 2.23. The minimum absolute atomic E-state index is 0.332. The van der Waals surface area contributed by atoms with Crippen molar-refractivity contribution in [1.29, 1.82) is 0 Å². The fourth-order valence-corrected chi connectivity index (χ4v) is 2.19. The second kappa shape index (κ2) is 4.47. The van der Waals surface area contributed by atoms with Crippen LogP contribution in [0.4, 0.5) is 0 Å². The van der Waals surface area contributed by atoms with Gasteiger partial charge in [0.25, 0.3) is 0 Å². The van der Waals surface area contributed by atoms with Crippen LogP contribution in [0.5, 0.6) is 5.75 Å². The van der Waals surface area contributed by atoms with Crippen LogP contribution < -0.4 is 10.3 Å². The highest BCUT2D eigenvalue weighted by Crippen LogP contribution is 2.37. The van der Waals surface area contributed by atoms with Crippen LogP contribution in [-0.4, -0.2) is 29.4 Å². The average molecular weight is 275 g/mol. The summed E-state index contributed by atoms with van der Waals surface area (Å²) in [6.45, 7) is 10.2. The smallest absolute Gasteiger partial charge is 0.489 e. The molecule has 1 aromatic heterocycles. The number of aryl methyl sites for hydroxylation is 1. The summed E-state index contributed by atoms with van der Waals surface area (Å²) in [4.78, 5) is 4.46. The monoisotopic (exact) mass is 275 g/mol. The molecule has 2 fully saturated rings. The van der Waals surface area contributed by atoms with Gasteiger partial charge in [0.15, 0.2) is 0 Å². The molecule has 1 aromatic rings. The van der Waals surface area contributed by atoms with Crippen LogP contribution in [0.2, 0.25) is 0 Å². The molecule has 4 nitrogen and oxygen atoms in total. The van der Waals surface area contributed by atoms with Crippen LogP contribution in [0.25, 0.3) is 0 Å². The minimum atomic E-state index is -0.464. The summed E-state index contributed by atoms with van der Waals surface area (Å²) in [5, 5.41) is 0. The Hall–Kier alpha value is -1.07. The maximum atomic E-state index is 6.08. The number of hydrogen-bond acceptors (Lipinski definition) is 4. The highest BCUT2D eigenvalue weighted by molar-refractivity contribution is 6.62. The first-order valence-electron chi connectivity index (χ1n) is 7.28. The lowest BCUT2D eigenvalue weighted by atomic mass is 9.82. The van der Waals surface area contributed by atoms with E-state index in [9.17, 15) is 0 Å². The van der Waals surface area contributed by atoms with Crippen molar-refractivity contribution in [3.63, 3.8) is 0 Å². The second-order valence-electron chi connectivity index (χ2n) is 6.75. The van der Waals surface area contributed by atoms with E-state index in [4.69, 9.17) is 14.0 Å². The number of rotatable bonds is 3. The molecule has 0 aromatic carbocycles. The first kappa shape index (κ1) is 13.9. The van der Waals surface area contributed by atoms with Crippen LogP contribution in [0.3, 0.4) is 0 Å². The summed E-state index contributed by atoms with van der Waals surface area (Å²) in [5.41, 5.74) is 1.12. The van der Waals surface area contributed by atoms with E-state index in [1.165, 1.54) is 0 Å². The predicted molar refractivity (Wildman–Crippen MR) is 78.3 cm³/mol. The Morgan fingerprint density at radius 2 is 1.80 bits per heavy atom. The maximum Gasteiger partial charge on any atom is 0.518 e. The van der Waals surface area contributed by atoms with Crippen LogP contribution in [0, 0.1) is 6.92 Å². The molecule has 2 heterocycles. The van der Waals surface area contributed by atoms with E-state index in [-0.39, 0.29) is 11.2 Å². The van der Waals surface area contributed by atoms with Gasteiger partial charge in [-0.15, -0.1) is 0 Å². The first-order chi connectivity index (χ1) is 9.30. The molecule has 1 aliphatic carbocycles. The van der Waals surface area contributed by atoms with Gasteiger partial charge in [0.05, 0.1) is 17.3 Å². The first-order valence-corrected chi connectivity index (χ1v) is 7.28. The number of aromatic nitrogens is 1. The zero-order valence-corrected chi connectivity index (χ0v) is 12.9. The quantitative estimate of drug-likeness (QED) is 0.793. The lowest BCUT2D eigenvalue weighted by Crippen LogP contribution is -2.41. The third-order valence-corrected chi connectivity index (χ3v) is 4.41. The standard InChI is InChI=1S/C15H22BNO3/c1-10-8-9-17-13(12(10)18-11-6-7-11)16-19-14(2,3)15(4,5)20-16/h8-9,11H,6-7H2,1-5H3. The Bertz CT molecular complexity index is 510. The van der Waals surface area contributed by atoms with E-state index in [1.807, 2.05) is 40.7 Å². The van der Waals surface area contributed by atoms with Crippen LogP contribution in [0.15, 0.2) is 12.3 Å². The molecule has 2 aliphatic rings. The topological polar surface area (TPSA) is 40.6 Å². The molecule has 0 N–H and O–H groups in total. The summed E-state index contributed by atoms with van der Waals surface area (Å²) >= 11 is 0. The van der Waals surface area contributed by atoms with E-state index >= 15 is 0 Å². The molecular formula is C15H22BNO3. The molecule has 5 heteroatoms. The van der Waals surface area contributed by atoms with Crippen molar-refractivity contribution in [2.75, 3.05) is 0 Å². The zero-order chi connectivity index (χ0) is 14.5. The lowest BCUT2D eigenvalue weighted by molar-refractivity contribution is 0.00578. The molecule has 20 heavy (non-hydrogen) atoms. The number of nitrogens with zero attached hydrogens (tertiary/aromatic N) is 1. The molecule has 0 bridgehead atoms. The molecule has 0 radical (unpaired) electrons. The van der Waals surface area contributed by atoms with Crippen LogP contribution >= 0.6 is 0 Å². The lowest BCUT2D eigenvalue weighted by Gasteiger charge is -2.32. The van der Waals surface area contributed by atoms with E-state index in [0.717, 1.165) is 29.7 Å². The third kappa shape index (κ3) is 2.33. The number of hydrogen-bond donors (Lipinski definition) is 0. The number of pyridine rings is 1. The van der Waals surface area contributed by atoms with Gasteiger partial charge in [-0.3, -0.25) is 4.98 Å². The van der Waals surface area contributed by atoms with Crippen LogP contribution in [0.1, 0.15) is 46.1 Å². The van der Waals surface area contributed by atoms with Crippen molar-refractivity contribution in [3.05, 3.63) is 17.8 Å². The zero-order valence-electron chi connectivity index (χ0n) is 12.9. The van der Waals surface area contributed by atoms with Gasteiger partial charge in [-0.25, -0.2) is 0 Å². The van der Waals surface area contributed by atoms with E-state index < -0.39 is 7.12 Å². The van der Waals surface area contributed by atoms with Gasteiger partial charge in [-0.2, -0.15) is 0 Å². The largest absolute Gasteiger partial charge is 0.518 e. The minimum Gasteiger partial charge on any atom is -0.489 e. The van der Waals surface area contributed by atoms with Crippen molar-refractivity contribution in [3.8, 4) is 5.75 Å². The normalized spacial score (nSPS) is 23.9. The van der Waals surface area contributed by atoms with Crippen molar-refractivity contribution < 1.29 is 14.0 Å². The Morgan fingerprint density at radius 3 is 2.35 bits per heavy atom. The fourth-order valence-electron chi connectivity index (χ4n) is 2.19. The molecule has 1 saturated heterocycles. The van der Waals surface area contributed by atoms with Crippen molar-refractivity contribution in [2.24, 2.45) is 0 Å². The average Bonchev–Trinajstić information content (AvgIpc) is 3.10. The summed E-state index contributed by atoms with van der Waals surface area (Å²) in [5.74, 6) is 0.827. The molecule has 0 spiro atoms. The third-order valence-electron chi connectivity index (χ3n) is 4.41. The van der Waals surface area contributed by atoms with Gasteiger partial charge in [0.2, 0.25) is 0 Å². The molecule has 108 valence electrons. The Labute approximate surface area is 121 Å². The van der Waals surface area contributed by atoms with Crippen molar-refractivity contribution in [2.45, 2.75) is 64.8 Å². The molecule has 0 atom stereocenters. The highest BCUT2D eigenvalue weighted by Gasteiger charge is 2.53. The second-order valence-corrected chi connectivity index (χ2v) is 6.75. The SMILES string of the molecule is Cc1ccnc(B2OC(C)(C)C(C)(C)O2)c1OC1CC1. The van der Waals surface area contributed by atoms with Gasteiger partial charge in [-0.1, -0.05) is 0 Å². The number of ether oxygens (including phenoxy) is 1. The van der Waals surface area contributed by atoms with Crippen LogP contribution in [-0.2, 0) is 9.31 Å². The van der Waals surface area contributed by atoms with Gasteiger partial charge < -0.3 is 14.0 Å². The van der Waals surface area contributed by atoms with E-state index in [1.54, 1.807) is 6.20 Å². The van der Waals surface area contributed by atoms with Crippen molar-refractivity contribution >= 4 is 12.7 Å². The summed E-state index contributed by atoms with van der Waals surface area (Å²) in [6, 6.07) is 1.96.